The standard InChI is InChI=1S/C14H17BrN4O/c1-3-12-13(9-19(2)18-12)16-8-14(20)17-11-6-4-10(15)5-7-11/h4-7,9,16H,3,8H2,1-2H3,(H,17,20). The molecule has 0 radical (unpaired) electrons. The Morgan fingerprint density at radius 3 is 2.70 bits per heavy atom. The fraction of sp³-hybridized carbons (Fsp3) is 0.286. The van der Waals surface area contributed by atoms with Gasteiger partial charge in [0.15, 0.2) is 0 Å². The first-order valence-corrected chi connectivity index (χ1v) is 7.19. The van der Waals surface area contributed by atoms with E-state index in [2.05, 4.69) is 31.7 Å². The predicted molar refractivity (Wildman–Crippen MR) is 83.8 cm³/mol. The summed E-state index contributed by atoms with van der Waals surface area (Å²) < 4.78 is 2.73. The van der Waals surface area contributed by atoms with Crippen LogP contribution in [-0.2, 0) is 18.3 Å². The smallest absolute Gasteiger partial charge is 0.243 e. The van der Waals surface area contributed by atoms with Crippen molar-refractivity contribution in [2.45, 2.75) is 13.3 Å². The molecule has 1 aromatic carbocycles. The van der Waals surface area contributed by atoms with Crippen molar-refractivity contribution in [3.05, 3.63) is 40.6 Å². The summed E-state index contributed by atoms with van der Waals surface area (Å²) in [4.78, 5) is 11.9. The summed E-state index contributed by atoms with van der Waals surface area (Å²) in [5.74, 6) is -0.0850. The van der Waals surface area contributed by atoms with E-state index in [-0.39, 0.29) is 12.5 Å². The van der Waals surface area contributed by atoms with Crippen LogP contribution in [0.1, 0.15) is 12.6 Å². The Labute approximate surface area is 126 Å². The summed E-state index contributed by atoms with van der Waals surface area (Å²) in [6, 6.07) is 7.48. The van der Waals surface area contributed by atoms with Crippen molar-refractivity contribution >= 4 is 33.2 Å². The Morgan fingerprint density at radius 2 is 2.05 bits per heavy atom. The molecule has 5 nitrogen and oxygen atoms in total. The highest BCUT2D eigenvalue weighted by Crippen LogP contribution is 2.15. The van der Waals surface area contributed by atoms with Gasteiger partial charge in [-0.25, -0.2) is 0 Å². The lowest BCUT2D eigenvalue weighted by atomic mass is 10.3. The summed E-state index contributed by atoms with van der Waals surface area (Å²) in [6.45, 7) is 2.25. The van der Waals surface area contributed by atoms with Crippen LogP contribution in [0.15, 0.2) is 34.9 Å². The van der Waals surface area contributed by atoms with Gasteiger partial charge in [-0.15, -0.1) is 0 Å². The van der Waals surface area contributed by atoms with Gasteiger partial charge in [-0.3, -0.25) is 9.48 Å². The molecule has 0 spiro atoms. The van der Waals surface area contributed by atoms with Crippen LogP contribution in [0.5, 0.6) is 0 Å². The van der Waals surface area contributed by atoms with Crippen molar-refractivity contribution in [2.75, 3.05) is 17.2 Å². The first-order valence-electron chi connectivity index (χ1n) is 6.40. The molecule has 20 heavy (non-hydrogen) atoms. The van der Waals surface area contributed by atoms with Crippen LogP contribution in [0, 0.1) is 0 Å². The number of rotatable bonds is 5. The fourth-order valence-electron chi connectivity index (χ4n) is 1.86. The lowest BCUT2D eigenvalue weighted by molar-refractivity contribution is -0.114. The molecule has 2 aromatic rings. The first-order chi connectivity index (χ1) is 9.58. The quantitative estimate of drug-likeness (QED) is 0.882. The lowest BCUT2D eigenvalue weighted by Gasteiger charge is -2.07. The van der Waals surface area contributed by atoms with Crippen molar-refractivity contribution < 1.29 is 4.79 Å². The number of benzene rings is 1. The third kappa shape index (κ3) is 3.84. The van der Waals surface area contributed by atoms with Gasteiger partial charge in [-0.2, -0.15) is 5.10 Å². The third-order valence-electron chi connectivity index (χ3n) is 2.81. The highest BCUT2D eigenvalue weighted by molar-refractivity contribution is 9.10. The molecule has 0 unspecified atom stereocenters. The Balaban J connectivity index is 1.90. The van der Waals surface area contributed by atoms with Gasteiger partial charge in [0.1, 0.15) is 0 Å². The molecule has 0 fully saturated rings. The van der Waals surface area contributed by atoms with Gasteiger partial charge in [0.05, 0.1) is 17.9 Å². The van der Waals surface area contributed by atoms with Gasteiger partial charge in [0.25, 0.3) is 0 Å². The van der Waals surface area contributed by atoms with Crippen LogP contribution in [0.25, 0.3) is 0 Å². The number of nitrogens with one attached hydrogen (secondary N) is 2. The van der Waals surface area contributed by atoms with Crippen LogP contribution >= 0.6 is 15.9 Å². The Hall–Kier alpha value is -1.82. The number of hydrogen-bond donors (Lipinski definition) is 2. The molecule has 1 heterocycles. The summed E-state index contributed by atoms with van der Waals surface area (Å²) in [5.41, 5.74) is 2.65. The molecule has 2 N–H and O–H groups in total. The van der Waals surface area contributed by atoms with Crippen LogP contribution in [0.3, 0.4) is 0 Å². The van der Waals surface area contributed by atoms with E-state index in [1.807, 2.05) is 44.4 Å². The molecule has 0 saturated heterocycles. The molecule has 2 rings (SSSR count). The molecule has 0 aliphatic carbocycles. The van der Waals surface area contributed by atoms with E-state index in [9.17, 15) is 4.79 Å². The highest BCUT2D eigenvalue weighted by Gasteiger charge is 2.07. The molecule has 6 heteroatoms. The van der Waals surface area contributed by atoms with Gasteiger partial charge < -0.3 is 10.6 Å². The molecule has 106 valence electrons. The number of aromatic nitrogens is 2. The highest BCUT2D eigenvalue weighted by atomic mass is 79.9. The van der Waals surface area contributed by atoms with E-state index in [1.54, 1.807) is 4.68 Å². The zero-order chi connectivity index (χ0) is 14.5. The summed E-state index contributed by atoms with van der Waals surface area (Å²) >= 11 is 3.36. The predicted octanol–water partition coefficient (Wildman–Crippen LogP) is 2.80. The molecule has 1 aromatic heterocycles. The Morgan fingerprint density at radius 1 is 1.35 bits per heavy atom. The van der Waals surface area contributed by atoms with Gasteiger partial charge in [-0.1, -0.05) is 22.9 Å². The molecular weight excluding hydrogens is 320 g/mol. The number of amides is 1. The average molecular weight is 337 g/mol. The van der Waals surface area contributed by atoms with Crippen LogP contribution in [0.4, 0.5) is 11.4 Å². The van der Waals surface area contributed by atoms with E-state index in [0.29, 0.717) is 0 Å². The monoisotopic (exact) mass is 336 g/mol. The van der Waals surface area contributed by atoms with E-state index >= 15 is 0 Å². The molecule has 0 aliphatic heterocycles. The van der Waals surface area contributed by atoms with Gasteiger partial charge in [0.2, 0.25) is 5.91 Å². The van der Waals surface area contributed by atoms with Crippen molar-refractivity contribution in [1.29, 1.82) is 0 Å². The maximum Gasteiger partial charge on any atom is 0.243 e. The Bertz CT molecular complexity index is 592. The van der Waals surface area contributed by atoms with Crippen molar-refractivity contribution in [3.63, 3.8) is 0 Å². The molecule has 1 amide bonds. The molecule has 0 saturated carbocycles. The van der Waals surface area contributed by atoms with Crippen molar-refractivity contribution in [3.8, 4) is 0 Å². The van der Waals surface area contributed by atoms with Crippen molar-refractivity contribution in [1.82, 2.24) is 9.78 Å². The van der Waals surface area contributed by atoms with E-state index in [0.717, 1.165) is 28.0 Å². The maximum atomic E-state index is 11.9. The number of carbonyl (C=O) groups is 1. The average Bonchev–Trinajstić information content (AvgIpc) is 2.79. The SMILES string of the molecule is CCc1nn(C)cc1NCC(=O)Nc1ccc(Br)cc1. The molecule has 0 atom stereocenters. The molecule has 0 bridgehead atoms. The first kappa shape index (κ1) is 14.6. The molecule has 0 aliphatic rings. The van der Waals surface area contributed by atoms with Gasteiger partial charge in [-0.05, 0) is 30.7 Å². The largest absolute Gasteiger partial charge is 0.373 e. The van der Waals surface area contributed by atoms with Gasteiger partial charge >= 0.3 is 0 Å². The second-order valence-electron chi connectivity index (χ2n) is 4.43. The number of aryl methyl sites for hydroxylation is 2. The topological polar surface area (TPSA) is 59.0 Å². The minimum absolute atomic E-state index is 0.0850. The van der Waals surface area contributed by atoms with E-state index in [1.165, 1.54) is 0 Å². The molecular formula is C14H17BrN4O. The second-order valence-corrected chi connectivity index (χ2v) is 5.34. The van der Waals surface area contributed by atoms with Crippen LogP contribution < -0.4 is 10.6 Å². The maximum absolute atomic E-state index is 11.9. The Kier molecular flexibility index (Phi) is 4.79. The number of anilines is 2. The fourth-order valence-corrected chi connectivity index (χ4v) is 2.12. The van der Waals surface area contributed by atoms with Crippen molar-refractivity contribution in [2.24, 2.45) is 7.05 Å². The van der Waals surface area contributed by atoms with Crippen LogP contribution in [0.2, 0.25) is 0 Å². The third-order valence-corrected chi connectivity index (χ3v) is 3.34. The normalized spacial score (nSPS) is 10.3. The van der Waals surface area contributed by atoms with E-state index < -0.39 is 0 Å². The minimum atomic E-state index is -0.0850. The zero-order valence-electron chi connectivity index (χ0n) is 11.5. The lowest BCUT2D eigenvalue weighted by Crippen LogP contribution is -2.21. The number of hydrogen-bond acceptors (Lipinski definition) is 3. The van der Waals surface area contributed by atoms with Gasteiger partial charge in [0, 0.05) is 23.4 Å². The number of halogens is 1. The zero-order valence-corrected chi connectivity index (χ0v) is 13.1. The summed E-state index contributed by atoms with van der Waals surface area (Å²) in [7, 11) is 1.87. The minimum Gasteiger partial charge on any atom is -0.373 e. The number of carbonyl (C=O) groups excluding carboxylic acids is 1. The summed E-state index contributed by atoms with van der Waals surface area (Å²) in [5, 5.41) is 10.3. The second kappa shape index (κ2) is 6.56. The number of nitrogens with zero attached hydrogens (tertiary/aromatic N) is 2. The van der Waals surface area contributed by atoms with E-state index in [4.69, 9.17) is 0 Å². The van der Waals surface area contributed by atoms with Crippen LogP contribution in [-0.4, -0.2) is 22.2 Å². The summed E-state index contributed by atoms with van der Waals surface area (Å²) in [6.07, 6.45) is 2.71.